The number of aliphatic hydroxyl groups is 1. The van der Waals surface area contributed by atoms with Crippen LogP contribution in [-0.2, 0) is 9.53 Å². The molecule has 0 spiro atoms. The molecule has 0 saturated carbocycles. The molecule has 0 bridgehead atoms. The monoisotopic (exact) mass is 215 g/mol. The van der Waals surface area contributed by atoms with E-state index in [1.165, 1.54) is 7.11 Å². The smallest absolute Gasteiger partial charge is 0.396 e. The molecule has 0 aromatic rings. The fraction of sp³-hybridized carbons (Fsp3) is 0.857. The summed E-state index contributed by atoms with van der Waals surface area (Å²) in [5, 5.41) is 10.2. The summed E-state index contributed by atoms with van der Waals surface area (Å²) in [7, 11) is 1.30. The molecule has 0 heterocycles. The minimum atomic E-state index is -4.90. The Morgan fingerprint density at radius 1 is 1.57 bits per heavy atom. The van der Waals surface area contributed by atoms with E-state index >= 15 is 0 Å². The third-order valence-corrected chi connectivity index (χ3v) is 1.44. The number of rotatable bonds is 5. The molecule has 1 amide bonds. The molecule has 0 aliphatic carbocycles. The first-order valence-corrected chi connectivity index (χ1v) is 3.89. The number of methoxy groups -OCH3 is 1. The molecule has 1 atom stereocenters. The van der Waals surface area contributed by atoms with E-state index < -0.39 is 18.1 Å². The molecule has 84 valence electrons. The summed E-state index contributed by atoms with van der Waals surface area (Å²) in [5.74, 6) is -2.02. The van der Waals surface area contributed by atoms with Gasteiger partial charge in [-0.25, -0.2) is 0 Å². The predicted octanol–water partition coefficient (Wildman–Crippen LogP) is 0.0623. The minimum absolute atomic E-state index is 0.0235. The molecule has 0 aliphatic heterocycles. The maximum Gasteiger partial charge on any atom is 0.471 e. The van der Waals surface area contributed by atoms with Crippen LogP contribution in [0.3, 0.4) is 0 Å². The number of hydrogen-bond donors (Lipinski definition) is 2. The lowest BCUT2D eigenvalue weighted by Crippen LogP contribution is -2.45. The van der Waals surface area contributed by atoms with E-state index in [0.29, 0.717) is 0 Å². The molecular weight excluding hydrogens is 203 g/mol. The minimum Gasteiger partial charge on any atom is -0.396 e. The lowest BCUT2D eigenvalue weighted by atomic mass is 10.2. The number of carbonyl (C=O) groups excluding carboxylic acids is 1. The van der Waals surface area contributed by atoms with E-state index in [4.69, 9.17) is 5.11 Å². The predicted molar refractivity (Wildman–Crippen MR) is 41.6 cm³/mol. The van der Waals surface area contributed by atoms with Crippen molar-refractivity contribution in [3.63, 3.8) is 0 Å². The lowest BCUT2D eigenvalue weighted by Gasteiger charge is -2.17. The van der Waals surface area contributed by atoms with Gasteiger partial charge in [0.25, 0.3) is 0 Å². The largest absolute Gasteiger partial charge is 0.471 e. The van der Waals surface area contributed by atoms with Crippen LogP contribution in [0.15, 0.2) is 0 Å². The van der Waals surface area contributed by atoms with Gasteiger partial charge in [0, 0.05) is 13.7 Å². The van der Waals surface area contributed by atoms with Crippen LogP contribution in [0.4, 0.5) is 13.2 Å². The average molecular weight is 215 g/mol. The van der Waals surface area contributed by atoms with Gasteiger partial charge in [-0.05, 0) is 6.42 Å². The SMILES string of the molecule is COCC(CCO)NC(=O)C(F)(F)F. The van der Waals surface area contributed by atoms with Gasteiger partial charge in [0.1, 0.15) is 0 Å². The quantitative estimate of drug-likeness (QED) is 0.682. The Morgan fingerprint density at radius 2 is 2.14 bits per heavy atom. The van der Waals surface area contributed by atoms with Gasteiger partial charge in [0.2, 0.25) is 0 Å². The molecule has 1 unspecified atom stereocenters. The van der Waals surface area contributed by atoms with E-state index in [9.17, 15) is 18.0 Å². The second-order valence-corrected chi connectivity index (χ2v) is 2.64. The Balaban J connectivity index is 4.08. The van der Waals surface area contributed by atoms with Gasteiger partial charge < -0.3 is 15.2 Å². The summed E-state index contributed by atoms with van der Waals surface area (Å²) in [4.78, 5) is 10.5. The standard InChI is InChI=1S/C7H12F3NO3/c1-14-4-5(2-3-12)11-6(13)7(8,9)10/h5,12H,2-4H2,1H3,(H,11,13). The Morgan fingerprint density at radius 3 is 2.50 bits per heavy atom. The van der Waals surface area contributed by atoms with Crippen molar-refractivity contribution in [2.45, 2.75) is 18.6 Å². The van der Waals surface area contributed by atoms with Crippen LogP contribution in [0.25, 0.3) is 0 Å². The Labute approximate surface area is 79.0 Å². The van der Waals surface area contributed by atoms with Crippen molar-refractivity contribution < 1.29 is 27.8 Å². The highest BCUT2D eigenvalue weighted by molar-refractivity contribution is 5.81. The van der Waals surface area contributed by atoms with Crippen LogP contribution in [0.5, 0.6) is 0 Å². The lowest BCUT2D eigenvalue weighted by molar-refractivity contribution is -0.174. The first-order valence-electron chi connectivity index (χ1n) is 3.89. The summed E-state index contributed by atoms with van der Waals surface area (Å²) >= 11 is 0. The molecule has 0 aromatic carbocycles. The Kier molecular flexibility index (Phi) is 5.47. The van der Waals surface area contributed by atoms with E-state index in [1.54, 1.807) is 5.32 Å². The number of alkyl halides is 3. The zero-order valence-corrected chi connectivity index (χ0v) is 7.60. The molecule has 0 aliphatic rings. The Hall–Kier alpha value is -0.820. The molecule has 14 heavy (non-hydrogen) atoms. The number of hydrogen-bond acceptors (Lipinski definition) is 3. The van der Waals surface area contributed by atoms with Crippen LogP contribution in [0, 0.1) is 0 Å². The summed E-state index contributed by atoms with van der Waals surface area (Å²) in [6, 6.07) is -0.820. The normalized spacial score (nSPS) is 13.8. The molecule has 2 N–H and O–H groups in total. The fourth-order valence-corrected chi connectivity index (χ4v) is 0.821. The highest BCUT2D eigenvalue weighted by atomic mass is 19.4. The fourth-order valence-electron chi connectivity index (χ4n) is 0.821. The highest BCUT2D eigenvalue weighted by Crippen LogP contribution is 2.14. The molecule has 0 rings (SSSR count). The summed E-state index contributed by atoms with van der Waals surface area (Å²) in [6.07, 6.45) is -4.88. The van der Waals surface area contributed by atoms with Gasteiger partial charge in [0.05, 0.1) is 12.6 Å². The summed E-state index contributed by atoms with van der Waals surface area (Å²) < 4.78 is 39.9. The van der Waals surface area contributed by atoms with Crippen LogP contribution < -0.4 is 5.32 Å². The second-order valence-electron chi connectivity index (χ2n) is 2.64. The van der Waals surface area contributed by atoms with Gasteiger partial charge in [-0.3, -0.25) is 4.79 Å². The van der Waals surface area contributed by atoms with Gasteiger partial charge in [0.15, 0.2) is 0 Å². The summed E-state index contributed by atoms with van der Waals surface area (Å²) in [6.45, 7) is -0.380. The van der Waals surface area contributed by atoms with Crippen LogP contribution in [-0.4, -0.2) is 43.6 Å². The zero-order chi connectivity index (χ0) is 11.2. The second kappa shape index (κ2) is 5.82. The van der Waals surface area contributed by atoms with Crippen LogP contribution in [0.1, 0.15) is 6.42 Å². The highest BCUT2D eigenvalue weighted by Gasteiger charge is 2.39. The zero-order valence-electron chi connectivity index (χ0n) is 7.60. The van der Waals surface area contributed by atoms with Crippen LogP contribution in [0.2, 0.25) is 0 Å². The molecule has 0 fully saturated rings. The van der Waals surface area contributed by atoms with Crippen molar-refractivity contribution >= 4 is 5.91 Å². The van der Waals surface area contributed by atoms with E-state index in [1.807, 2.05) is 0 Å². The van der Waals surface area contributed by atoms with Gasteiger partial charge in [-0.2, -0.15) is 13.2 Å². The molecule has 0 aromatic heterocycles. The van der Waals surface area contributed by atoms with Gasteiger partial charge >= 0.3 is 12.1 Å². The first kappa shape index (κ1) is 13.2. The van der Waals surface area contributed by atoms with E-state index in [0.717, 1.165) is 0 Å². The molecular formula is C7H12F3NO3. The van der Waals surface area contributed by atoms with Crippen molar-refractivity contribution in [2.24, 2.45) is 0 Å². The van der Waals surface area contributed by atoms with Gasteiger partial charge in [-0.15, -0.1) is 0 Å². The van der Waals surface area contributed by atoms with Crippen LogP contribution >= 0.6 is 0 Å². The van der Waals surface area contributed by atoms with Crippen molar-refractivity contribution in [1.29, 1.82) is 0 Å². The molecule has 7 heteroatoms. The first-order chi connectivity index (χ1) is 6.41. The van der Waals surface area contributed by atoms with Crippen molar-refractivity contribution in [2.75, 3.05) is 20.3 Å². The number of aliphatic hydroxyl groups excluding tert-OH is 1. The van der Waals surface area contributed by atoms with Crippen molar-refractivity contribution in [1.82, 2.24) is 5.32 Å². The Bertz CT molecular complexity index is 178. The topological polar surface area (TPSA) is 58.6 Å². The number of nitrogens with one attached hydrogen (secondary N) is 1. The number of carbonyl (C=O) groups is 1. The number of ether oxygens (including phenoxy) is 1. The molecule has 4 nitrogen and oxygen atoms in total. The van der Waals surface area contributed by atoms with Gasteiger partial charge in [-0.1, -0.05) is 0 Å². The summed E-state index contributed by atoms with van der Waals surface area (Å²) in [5.41, 5.74) is 0. The molecule has 0 radical (unpaired) electrons. The average Bonchev–Trinajstić information content (AvgIpc) is 2.03. The van der Waals surface area contributed by atoms with E-state index in [-0.39, 0.29) is 19.6 Å². The maximum atomic E-state index is 11.8. The number of amides is 1. The maximum absolute atomic E-state index is 11.8. The molecule has 0 saturated heterocycles. The number of halogens is 3. The van der Waals surface area contributed by atoms with Crippen molar-refractivity contribution in [3.8, 4) is 0 Å². The third kappa shape index (κ3) is 5.03. The third-order valence-electron chi connectivity index (χ3n) is 1.44. The van der Waals surface area contributed by atoms with Crippen molar-refractivity contribution in [3.05, 3.63) is 0 Å². The van der Waals surface area contributed by atoms with E-state index in [2.05, 4.69) is 4.74 Å².